The Morgan fingerprint density at radius 3 is 2.88 bits per heavy atom. The second-order valence-electron chi connectivity index (χ2n) is 3.73. The molecule has 2 amide bonds. The van der Waals surface area contributed by atoms with Crippen LogP contribution in [0.5, 0.6) is 0 Å². The van der Waals surface area contributed by atoms with Crippen LogP contribution in [0, 0.1) is 0 Å². The summed E-state index contributed by atoms with van der Waals surface area (Å²) in [4.78, 5) is 21.5. The number of amides is 2. The molecule has 1 aromatic rings. The van der Waals surface area contributed by atoms with E-state index in [-0.39, 0.29) is 12.2 Å². The number of carbonyl (C=O) groups excluding carboxylic acids is 1. The van der Waals surface area contributed by atoms with Crippen LogP contribution in [0.4, 0.5) is 10.5 Å². The molecule has 3 rings (SSSR count). The number of rotatable bonds is 1. The highest BCUT2D eigenvalue weighted by atomic mass is 16.2. The molecule has 0 aliphatic carbocycles. The monoisotopic (exact) mass is 226 g/mol. The van der Waals surface area contributed by atoms with Crippen molar-refractivity contribution in [3.05, 3.63) is 42.1 Å². The van der Waals surface area contributed by atoms with Crippen LogP contribution in [0.3, 0.4) is 0 Å². The average molecular weight is 226 g/mol. The normalized spacial score (nSPS) is 21.9. The summed E-state index contributed by atoms with van der Waals surface area (Å²) in [5.74, 6) is 0. The molecular formula is C12H10N4O. The highest BCUT2D eigenvalue weighted by Gasteiger charge is 2.26. The maximum absolute atomic E-state index is 11.9. The van der Waals surface area contributed by atoms with E-state index in [0.29, 0.717) is 0 Å². The summed E-state index contributed by atoms with van der Waals surface area (Å²) in [5, 5.41) is 2.80. The van der Waals surface area contributed by atoms with Gasteiger partial charge in [0.15, 0.2) is 6.17 Å². The number of para-hydroxylation sites is 1. The molecule has 0 radical (unpaired) electrons. The van der Waals surface area contributed by atoms with Crippen LogP contribution in [-0.4, -0.2) is 24.8 Å². The molecule has 84 valence electrons. The smallest absolute Gasteiger partial charge is 0.311 e. The Bertz CT molecular complexity index is 533. The zero-order valence-electron chi connectivity index (χ0n) is 8.95. The first-order valence-corrected chi connectivity index (χ1v) is 5.26. The van der Waals surface area contributed by atoms with Crippen molar-refractivity contribution in [3.8, 4) is 0 Å². The summed E-state index contributed by atoms with van der Waals surface area (Å²) < 4.78 is 0. The lowest BCUT2D eigenvalue weighted by molar-refractivity contribution is 0.245. The largest absolute Gasteiger partial charge is 0.327 e. The van der Waals surface area contributed by atoms with Crippen LogP contribution in [0.2, 0.25) is 0 Å². The molecule has 1 aromatic carbocycles. The third-order valence-corrected chi connectivity index (χ3v) is 2.61. The van der Waals surface area contributed by atoms with Crippen molar-refractivity contribution in [2.75, 3.05) is 4.90 Å². The number of nitrogens with one attached hydrogen (secondary N) is 1. The summed E-state index contributed by atoms with van der Waals surface area (Å²) in [6, 6.07) is 9.26. The first-order valence-electron chi connectivity index (χ1n) is 5.26. The van der Waals surface area contributed by atoms with Crippen molar-refractivity contribution in [1.29, 1.82) is 0 Å². The number of benzene rings is 1. The molecule has 2 heterocycles. The summed E-state index contributed by atoms with van der Waals surface area (Å²) in [5.41, 5.74) is 1.69. The molecule has 1 unspecified atom stereocenters. The molecule has 0 bridgehead atoms. The molecule has 0 spiro atoms. The van der Waals surface area contributed by atoms with Crippen molar-refractivity contribution >= 4 is 24.3 Å². The Morgan fingerprint density at radius 2 is 2.06 bits per heavy atom. The molecule has 17 heavy (non-hydrogen) atoms. The fourth-order valence-electron chi connectivity index (χ4n) is 1.78. The number of hydrogen-bond acceptors (Lipinski definition) is 3. The first-order chi connectivity index (χ1) is 8.34. The Morgan fingerprint density at radius 1 is 1.24 bits per heavy atom. The molecule has 0 aromatic heterocycles. The molecule has 0 fully saturated rings. The van der Waals surface area contributed by atoms with E-state index in [2.05, 4.69) is 15.3 Å². The highest BCUT2D eigenvalue weighted by Crippen LogP contribution is 2.20. The molecule has 5 nitrogen and oxygen atoms in total. The van der Waals surface area contributed by atoms with Crippen molar-refractivity contribution in [2.45, 2.75) is 6.17 Å². The standard InChI is InChI=1S/C12H10N4O/c17-12-15-11-9(6-13-8-14-11)7-16(12)10-4-2-1-3-5-10/h1-8,11H,(H,15,17). The topological polar surface area (TPSA) is 57.1 Å². The summed E-state index contributed by atoms with van der Waals surface area (Å²) in [6.07, 6.45) is 4.60. The van der Waals surface area contributed by atoms with E-state index in [1.54, 1.807) is 17.3 Å². The second kappa shape index (κ2) is 3.86. The van der Waals surface area contributed by atoms with Crippen molar-refractivity contribution in [1.82, 2.24) is 5.32 Å². The fourth-order valence-corrected chi connectivity index (χ4v) is 1.78. The van der Waals surface area contributed by atoms with Crippen molar-refractivity contribution in [3.63, 3.8) is 0 Å². The molecule has 2 aliphatic rings. The van der Waals surface area contributed by atoms with Gasteiger partial charge in [0.05, 0.1) is 5.69 Å². The van der Waals surface area contributed by atoms with E-state index >= 15 is 0 Å². The number of carbonyl (C=O) groups is 1. The van der Waals surface area contributed by atoms with E-state index in [1.165, 1.54) is 6.34 Å². The van der Waals surface area contributed by atoms with Crippen LogP contribution < -0.4 is 10.2 Å². The van der Waals surface area contributed by atoms with Gasteiger partial charge in [-0.15, -0.1) is 0 Å². The summed E-state index contributed by atoms with van der Waals surface area (Å²) in [6.45, 7) is 0. The zero-order valence-corrected chi connectivity index (χ0v) is 8.95. The van der Waals surface area contributed by atoms with Crippen LogP contribution in [0.1, 0.15) is 0 Å². The molecule has 0 saturated heterocycles. The first kappa shape index (κ1) is 9.77. The molecular weight excluding hydrogens is 216 g/mol. The van der Waals surface area contributed by atoms with Gasteiger partial charge in [-0.3, -0.25) is 4.90 Å². The van der Waals surface area contributed by atoms with Gasteiger partial charge in [0.1, 0.15) is 6.34 Å². The number of urea groups is 1. The van der Waals surface area contributed by atoms with Gasteiger partial charge in [-0.05, 0) is 12.1 Å². The van der Waals surface area contributed by atoms with E-state index < -0.39 is 0 Å². The Labute approximate surface area is 98.2 Å². The quantitative estimate of drug-likeness (QED) is 0.775. The van der Waals surface area contributed by atoms with Crippen LogP contribution >= 0.6 is 0 Å². The minimum Gasteiger partial charge on any atom is -0.311 e. The van der Waals surface area contributed by atoms with Crippen molar-refractivity contribution < 1.29 is 4.79 Å². The van der Waals surface area contributed by atoms with Crippen LogP contribution in [0.25, 0.3) is 0 Å². The van der Waals surface area contributed by atoms with Gasteiger partial charge in [0.25, 0.3) is 0 Å². The van der Waals surface area contributed by atoms with Crippen LogP contribution in [-0.2, 0) is 0 Å². The summed E-state index contributed by atoms with van der Waals surface area (Å²) >= 11 is 0. The third-order valence-electron chi connectivity index (χ3n) is 2.61. The Kier molecular flexibility index (Phi) is 2.22. The van der Waals surface area contributed by atoms with Gasteiger partial charge < -0.3 is 5.32 Å². The predicted molar refractivity (Wildman–Crippen MR) is 66.3 cm³/mol. The van der Waals surface area contributed by atoms with Crippen LogP contribution in [0.15, 0.2) is 52.1 Å². The van der Waals surface area contributed by atoms with Gasteiger partial charge in [-0.1, -0.05) is 18.2 Å². The lowest BCUT2D eigenvalue weighted by atomic mass is 10.2. The lowest BCUT2D eigenvalue weighted by Gasteiger charge is -2.29. The highest BCUT2D eigenvalue weighted by molar-refractivity contribution is 6.00. The zero-order chi connectivity index (χ0) is 11.7. The number of fused-ring (bicyclic) bond motifs is 1. The van der Waals surface area contributed by atoms with Gasteiger partial charge in [-0.2, -0.15) is 0 Å². The molecule has 0 saturated carbocycles. The number of hydrogen-bond donors (Lipinski definition) is 1. The second-order valence-corrected chi connectivity index (χ2v) is 3.73. The van der Waals surface area contributed by atoms with E-state index in [1.807, 2.05) is 30.3 Å². The van der Waals surface area contributed by atoms with E-state index in [4.69, 9.17) is 0 Å². The summed E-state index contributed by atoms with van der Waals surface area (Å²) in [7, 11) is 0. The Balaban J connectivity index is 1.99. The molecule has 1 N–H and O–H groups in total. The van der Waals surface area contributed by atoms with E-state index in [0.717, 1.165) is 11.3 Å². The predicted octanol–water partition coefficient (Wildman–Crippen LogP) is 1.54. The number of nitrogens with zero attached hydrogens (tertiary/aromatic N) is 3. The number of anilines is 1. The molecule has 2 aliphatic heterocycles. The average Bonchev–Trinajstić information content (AvgIpc) is 2.39. The van der Waals surface area contributed by atoms with Gasteiger partial charge in [0, 0.05) is 18.0 Å². The number of aliphatic imine (C=N–C) groups is 2. The Hall–Kier alpha value is -2.43. The maximum atomic E-state index is 11.9. The fraction of sp³-hybridized carbons (Fsp3) is 0.0833. The lowest BCUT2D eigenvalue weighted by Crippen LogP contribution is -2.48. The van der Waals surface area contributed by atoms with Crippen molar-refractivity contribution in [2.24, 2.45) is 9.98 Å². The minimum atomic E-state index is -0.306. The molecule has 5 heteroatoms. The van der Waals surface area contributed by atoms with Gasteiger partial charge in [-0.25, -0.2) is 14.8 Å². The van der Waals surface area contributed by atoms with Gasteiger partial charge in [0.2, 0.25) is 0 Å². The minimum absolute atomic E-state index is 0.183. The third kappa shape index (κ3) is 1.71. The maximum Gasteiger partial charge on any atom is 0.327 e. The molecule has 1 atom stereocenters. The van der Waals surface area contributed by atoms with E-state index in [9.17, 15) is 4.79 Å². The van der Waals surface area contributed by atoms with Gasteiger partial charge >= 0.3 is 6.03 Å². The SMILES string of the molecule is O=C1NC2N=CN=CC2=CN1c1ccccc1.